The van der Waals surface area contributed by atoms with E-state index in [2.05, 4.69) is 6.58 Å². The Labute approximate surface area is 62.5 Å². The second-order valence-electron chi connectivity index (χ2n) is 2.19. The number of hydrogen-bond acceptors (Lipinski definition) is 2. The average Bonchev–Trinajstić information content (AvgIpc) is 1.89. The smallest absolute Gasteiger partial charge is 0.0606 e. The largest absolute Gasteiger partial charge is 0.395 e. The predicted molar refractivity (Wildman–Crippen MR) is 43.7 cm³/mol. The molecule has 0 amide bonds. The molecule has 0 aliphatic heterocycles. The average molecular weight is 141 g/mol. The number of likely N-dealkylation sites (N-methyl/N-ethyl adjacent to an activating group) is 1. The molecule has 0 aromatic heterocycles. The van der Waals surface area contributed by atoms with Gasteiger partial charge in [-0.25, -0.2) is 0 Å². The molecular formula is C8H15NO. The molecule has 0 aromatic carbocycles. The van der Waals surface area contributed by atoms with Gasteiger partial charge in [-0.15, -0.1) is 0 Å². The van der Waals surface area contributed by atoms with Crippen LogP contribution in [0.1, 0.15) is 6.92 Å². The first kappa shape index (κ1) is 9.24. The van der Waals surface area contributed by atoms with Crippen molar-refractivity contribution in [2.24, 2.45) is 0 Å². The highest BCUT2D eigenvalue weighted by molar-refractivity contribution is 5.06. The molecule has 0 atom stereocenters. The first-order valence-electron chi connectivity index (χ1n) is 3.33. The number of allylic oxidation sites excluding steroid dienone is 3. The van der Waals surface area contributed by atoms with Crippen LogP contribution >= 0.6 is 0 Å². The van der Waals surface area contributed by atoms with Crippen LogP contribution in [0.4, 0.5) is 0 Å². The van der Waals surface area contributed by atoms with Crippen molar-refractivity contribution in [1.82, 2.24) is 4.90 Å². The Morgan fingerprint density at radius 1 is 1.70 bits per heavy atom. The van der Waals surface area contributed by atoms with Crippen molar-refractivity contribution >= 4 is 0 Å². The predicted octanol–water partition coefficient (Wildman–Crippen LogP) is 1.00. The molecule has 2 nitrogen and oxygen atoms in total. The lowest BCUT2D eigenvalue weighted by Gasteiger charge is -2.17. The molecule has 2 heteroatoms. The molecule has 0 aliphatic rings. The van der Waals surface area contributed by atoms with Crippen LogP contribution in [-0.4, -0.2) is 30.2 Å². The Morgan fingerprint density at radius 3 is 2.70 bits per heavy atom. The molecule has 0 fully saturated rings. The van der Waals surface area contributed by atoms with Crippen LogP contribution in [0.25, 0.3) is 0 Å². The van der Waals surface area contributed by atoms with Gasteiger partial charge in [0.2, 0.25) is 0 Å². The van der Waals surface area contributed by atoms with Crippen molar-refractivity contribution in [1.29, 1.82) is 0 Å². The van der Waals surface area contributed by atoms with Gasteiger partial charge in [-0.05, 0) is 13.0 Å². The van der Waals surface area contributed by atoms with Crippen LogP contribution in [-0.2, 0) is 0 Å². The normalized spacial score (nSPS) is 11.3. The Kier molecular flexibility index (Phi) is 4.67. The number of aliphatic hydroxyl groups is 1. The molecule has 0 saturated heterocycles. The van der Waals surface area contributed by atoms with Gasteiger partial charge in [0.25, 0.3) is 0 Å². The van der Waals surface area contributed by atoms with E-state index in [4.69, 9.17) is 5.11 Å². The van der Waals surface area contributed by atoms with Crippen molar-refractivity contribution in [3.8, 4) is 0 Å². The fourth-order valence-corrected chi connectivity index (χ4v) is 0.624. The summed E-state index contributed by atoms with van der Waals surface area (Å²) in [6.45, 7) is 6.43. The van der Waals surface area contributed by atoms with Gasteiger partial charge >= 0.3 is 0 Å². The first-order chi connectivity index (χ1) is 4.72. The molecular weight excluding hydrogens is 126 g/mol. The summed E-state index contributed by atoms with van der Waals surface area (Å²) >= 11 is 0. The van der Waals surface area contributed by atoms with E-state index in [9.17, 15) is 0 Å². The van der Waals surface area contributed by atoms with Crippen molar-refractivity contribution in [2.75, 3.05) is 20.2 Å². The van der Waals surface area contributed by atoms with Crippen LogP contribution in [0.5, 0.6) is 0 Å². The van der Waals surface area contributed by atoms with E-state index < -0.39 is 0 Å². The van der Waals surface area contributed by atoms with E-state index in [1.54, 1.807) is 6.08 Å². The Hall–Kier alpha value is -0.760. The SMILES string of the molecule is C=C/C=C(\C)N(C)CCO. The molecule has 0 radical (unpaired) electrons. The molecule has 0 aliphatic carbocycles. The molecule has 58 valence electrons. The fourth-order valence-electron chi connectivity index (χ4n) is 0.624. The lowest BCUT2D eigenvalue weighted by Crippen LogP contribution is -2.19. The summed E-state index contributed by atoms with van der Waals surface area (Å²) < 4.78 is 0. The first-order valence-corrected chi connectivity index (χ1v) is 3.33. The lowest BCUT2D eigenvalue weighted by atomic mass is 10.4. The highest BCUT2D eigenvalue weighted by atomic mass is 16.3. The maximum absolute atomic E-state index is 8.56. The monoisotopic (exact) mass is 141 g/mol. The zero-order chi connectivity index (χ0) is 7.98. The highest BCUT2D eigenvalue weighted by Crippen LogP contribution is 1.97. The summed E-state index contributed by atoms with van der Waals surface area (Å²) in [6.07, 6.45) is 3.65. The number of rotatable bonds is 4. The Bertz CT molecular complexity index is 129. The molecule has 0 saturated carbocycles. The Balaban J connectivity index is 3.80. The van der Waals surface area contributed by atoms with E-state index in [1.807, 2.05) is 24.9 Å². The van der Waals surface area contributed by atoms with E-state index >= 15 is 0 Å². The molecule has 10 heavy (non-hydrogen) atoms. The van der Waals surface area contributed by atoms with Crippen LogP contribution in [0.15, 0.2) is 24.4 Å². The third-order valence-electron chi connectivity index (χ3n) is 1.40. The zero-order valence-corrected chi connectivity index (χ0v) is 6.67. The molecule has 0 bridgehead atoms. The number of nitrogens with zero attached hydrogens (tertiary/aromatic N) is 1. The molecule has 0 heterocycles. The van der Waals surface area contributed by atoms with Crippen LogP contribution < -0.4 is 0 Å². The van der Waals surface area contributed by atoms with Crippen molar-refractivity contribution in [2.45, 2.75) is 6.92 Å². The van der Waals surface area contributed by atoms with E-state index in [1.165, 1.54) is 0 Å². The van der Waals surface area contributed by atoms with E-state index in [0.717, 1.165) is 5.70 Å². The highest BCUT2D eigenvalue weighted by Gasteiger charge is 1.94. The summed E-state index contributed by atoms with van der Waals surface area (Å²) in [7, 11) is 1.94. The van der Waals surface area contributed by atoms with Crippen LogP contribution in [0.3, 0.4) is 0 Å². The summed E-state index contributed by atoms with van der Waals surface area (Å²) in [4.78, 5) is 1.97. The minimum Gasteiger partial charge on any atom is -0.395 e. The van der Waals surface area contributed by atoms with Gasteiger partial charge in [0, 0.05) is 19.3 Å². The maximum Gasteiger partial charge on any atom is 0.0606 e. The third-order valence-corrected chi connectivity index (χ3v) is 1.40. The van der Waals surface area contributed by atoms with Gasteiger partial charge in [-0.2, -0.15) is 0 Å². The minimum atomic E-state index is 0.193. The van der Waals surface area contributed by atoms with Crippen molar-refractivity contribution in [3.63, 3.8) is 0 Å². The maximum atomic E-state index is 8.56. The van der Waals surface area contributed by atoms with Crippen molar-refractivity contribution in [3.05, 3.63) is 24.4 Å². The summed E-state index contributed by atoms with van der Waals surface area (Å²) in [6, 6.07) is 0. The molecule has 0 aromatic rings. The Morgan fingerprint density at radius 2 is 2.30 bits per heavy atom. The number of hydrogen-bond donors (Lipinski definition) is 1. The van der Waals surface area contributed by atoms with Gasteiger partial charge in [0.05, 0.1) is 6.61 Å². The van der Waals surface area contributed by atoms with E-state index in [0.29, 0.717) is 6.54 Å². The second kappa shape index (κ2) is 5.06. The van der Waals surface area contributed by atoms with Crippen LogP contribution in [0, 0.1) is 0 Å². The standard InChI is InChI=1S/C8H15NO/c1-4-5-8(2)9(3)6-7-10/h4-5,10H,1,6-7H2,2-3H3/b8-5+. The third kappa shape index (κ3) is 3.30. The van der Waals surface area contributed by atoms with Crippen LogP contribution in [0.2, 0.25) is 0 Å². The van der Waals surface area contributed by atoms with Gasteiger partial charge in [-0.1, -0.05) is 12.7 Å². The zero-order valence-electron chi connectivity index (χ0n) is 6.67. The minimum absolute atomic E-state index is 0.193. The molecule has 1 N–H and O–H groups in total. The van der Waals surface area contributed by atoms with Gasteiger partial charge in [-0.3, -0.25) is 0 Å². The van der Waals surface area contributed by atoms with E-state index in [-0.39, 0.29) is 6.61 Å². The summed E-state index contributed by atoms with van der Waals surface area (Å²) in [5.41, 5.74) is 1.11. The van der Waals surface area contributed by atoms with Gasteiger partial charge < -0.3 is 10.0 Å². The van der Waals surface area contributed by atoms with Gasteiger partial charge in [0.15, 0.2) is 0 Å². The molecule has 0 rings (SSSR count). The summed E-state index contributed by atoms with van der Waals surface area (Å²) in [5.74, 6) is 0. The molecule has 0 unspecified atom stereocenters. The fraction of sp³-hybridized carbons (Fsp3) is 0.500. The lowest BCUT2D eigenvalue weighted by molar-refractivity contribution is 0.246. The molecule has 0 spiro atoms. The van der Waals surface area contributed by atoms with Crippen molar-refractivity contribution < 1.29 is 5.11 Å². The van der Waals surface area contributed by atoms with Gasteiger partial charge in [0.1, 0.15) is 0 Å². The quantitative estimate of drug-likeness (QED) is 0.590. The summed E-state index contributed by atoms with van der Waals surface area (Å²) in [5, 5.41) is 8.56. The topological polar surface area (TPSA) is 23.5 Å². The number of aliphatic hydroxyl groups excluding tert-OH is 1. The second-order valence-corrected chi connectivity index (χ2v) is 2.19.